The van der Waals surface area contributed by atoms with Crippen LogP contribution < -0.4 is 4.72 Å². The average Bonchev–Trinajstić information content (AvgIpc) is 2.58. The largest absolute Gasteiger partial charge is 0.477 e. The summed E-state index contributed by atoms with van der Waals surface area (Å²) < 4.78 is 26.5. The van der Waals surface area contributed by atoms with Crippen molar-refractivity contribution < 1.29 is 23.4 Å². The van der Waals surface area contributed by atoms with Crippen molar-refractivity contribution in [2.45, 2.75) is 36.8 Å². The lowest BCUT2D eigenvalue weighted by Crippen LogP contribution is -2.46. The number of sulfonamides is 1. The average molecular weight is 291 g/mol. The van der Waals surface area contributed by atoms with E-state index in [1.54, 1.807) is 6.92 Å². The van der Waals surface area contributed by atoms with Crippen molar-refractivity contribution in [1.82, 2.24) is 4.72 Å². The first kappa shape index (κ1) is 13.5. The molecule has 2 rings (SSSR count). The highest BCUT2D eigenvalue weighted by Gasteiger charge is 2.32. The molecule has 0 radical (unpaired) electrons. The number of carbonyl (C=O) groups is 1. The molecule has 0 bridgehead atoms. The van der Waals surface area contributed by atoms with Gasteiger partial charge in [0, 0.05) is 10.9 Å². The maximum Gasteiger partial charge on any atom is 0.345 e. The topological polar surface area (TPSA) is 104 Å². The van der Waals surface area contributed by atoms with Gasteiger partial charge in [-0.25, -0.2) is 17.9 Å². The number of aryl methyl sites for hydroxylation is 1. The molecule has 6 nitrogen and oxygen atoms in total. The number of nitrogens with one attached hydrogen (secondary N) is 1. The van der Waals surface area contributed by atoms with E-state index >= 15 is 0 Å². The van der Waals surface area contributed by atoms with Crippen LogP contribution in [0.1, 0.15) is 27.4 Å². The van der Waals surface area contributed by atoms with E-state index in [1.807, 2.05) is 0 Å². The third-order valence-electron chi connectivity index (χ3n) is 2.81. The standard InChI is InChI=1S/C10H13NO5S2/c1-5-9(4-8(17-5)10(13)14)18(15,16)11-6-2-7(12)3-6/h4,6-7,11-12H,2-3H2,1H3,(H,13,14). The molecule has 100 valence electrons. The van der Waals surface area contributed by atoms with Crippen LogP contribution in [0.25, 0.3) is 0 Å². The first-order valence-corrected chi connectivity index (χ1v) is 7.63. The SMILES string of the molecule is Cc1sc(C(=O)O)cc1S(=O)(=O)NC1CC(O)C1. The lowest BCUT2D eigenvalue weighted by Gasteiger charge is -2.31. The fraction of sp³-hybridized carbons (Fsp3) is 0.500. The van der Waals surface area contributed by atoms with Gasteiger partial charge < -0.3 is 10.2 Å². The van der Waals surface area contributed by atoms with Gasteiger partial charge in [-0.1, -0.05) is 0 Å². The summed E-state index contributed by atoms with van der Waals surface area (Å²) in [5, 5.41) is 17.9. The zero-order valence-corrected chi connectivity index (χ0v) is 11.2. The molecule has 3 N–H and O–H groups in total. The number of carboxylic acid groups (broad SMARTS) is 1. The van der Waals surface area contributed by atoms with Crippen molar-refractivity contribution in [2.24, 2.45) is 0 Å². The van der Waals surface area contributed by atoms with E-state index < -0.39 is 22.1 Å². The van der Waals surface area contributed by atoms with Crippen molar-refractivity contribution in [3.63, 3.8) is 0 Å². The number of hydrogen-bond acceptors (Lipinski definition) is 5. The fourth-order valence-electron chi connectivity index (χ4n) is 1.80. The van der Waals surface area contributed by atoms with Crippen LogP contribution in [0.15, 0.2) is 11.0 Å². The first-order valence-electron chi connectivity index (χ1n) is 5.33. The summed E-state index contributed by atoms with van der Waals surface area (Å²) in [6, 6.07) is 0.900. The molecule has 0 spiro atoms. The third-order valence-corrected chi connectivity index (χ3v) is 5.62. The normalized spacial score (nSPS) is 23.7. The Morgan fingerprint density at radius 3 is 2.56 bits per heavy atom. The Labute approximate surface area is 108 Å². The zero-order valence-electron chi connectivity index (χ0n) is 9.58. The minimum absolute atomic E-state index is 0.00141. The number of thiophene rings is 1. The van der Waals surface area contributed by atoms with Gasteiger partial charge >= 0.3 is 5.97 Å². The minimum Gasteiger partial charge on any atom is -0.477 e. The Morgan fingerprint density at radius 1 is 1.50 bits per heavy atom. The van der Waals surface area contributed by atoms with E-state index in [9.17, 15) is 13.2 Å². The summed E-state index contributed by atoms with van der Waals surface area (Å²) in [6.07, 6.45) is 0.346. The van der Waals surface area contributed by atoms with E-state index in [4.69, 9.17) is 10.2 Å². The highest BCUT2D eigenvalue weighted by Crippen LogP contribution is 2.28. The van der Waals surface area contributed by atoms with Crippen LogP contribution in [-0.4, -0.2) is 36.7 Å². The van der Waals surface area contributed by atoms with Crippen LogP contribution in [0.2, 0.25) is 0 Å². The molecule has 1 fully saturated rings. The summed E-state index contributed by atoms with van der Waals surface area (Å²) in [5.41, 5.74) is 0. The van der Waals surface area contributed by atoms with Crippen LogP contribution in [0, 0.1) is 6.92 Å². The van der Waals surface area contributed by atoms with E-state index in [0.29, 0.717) is 17.7 Å². The van der Waals surface area contributed by atoms with Crippen LogP contribution >= 0.6 is 11.3 Å². The second kappa shape index (κ2) is 4.61. The van der Waals surface area contributed by atoms with Crippen molar-refractivity contribution >= 4 is 27.3 Å². The van der Waals surface area contributed by atoms with E-state index in [2.05, 4.69) is 4.72 Å². The van der Waals surface area contributed by atoms with Gasteiger partial charge in [-0.2, -0.15) is 0 Å². The van der Waals surface area contributed by atoms with E-state index in [1.165, 1.54) is 6.07 Å². The smallest absolute Gasteiger partial charge is 0.345 e. The fourth-order valence-corrected chi connectivity index (χ4v) is 4.50. The lowest BCUT2D eigenvalue weighted by atomic mass is 9.91. The molecule has 18 heavy (non-hydrogen) atoms. The number of aromatic carboxylic acids is 1. The number of hydrogen-bond donors (Lipinski definition) is 3. The van der Waals surface area contributed by atoms with Crippen molar-refractivity contribution in [2.75, 3.05) is 0 Å². The zero-order chi connectivity index (χ0) is 13.5. The van der Waals surface area contributed by atoms with Gasteiger partial charge in [-0.15, -0.1) is 11.3 Å². The molecule has 0 saturated heterocycles. The monoisotopic (exact) mass is 291 g/mol. The Balaban J connectivity index is 2.21. The lowest BCUT2D eigenvalue weighted by molar-refractivity contribution is 0.0699. The molecular weight excluding hydrogens is 278 g/mol. The van der Waals surface area contributed by atoms with Gasteiger partial charge in [0.2, 0.25) is 10.0 Å². The molecule has 0 unspecified atom stereocenters. The summed E-state index contributed by atoms with van der Waals surface area (Å²) in [6.45, 7) is 1.57. The van der Waals surface area contributed by atoms with Crippen molar-refractivity contribution in [1.29, 1.82) is 0 Å². The first-order chi connectivity index (χ1) is 8.29. The van der Waals surface area contributed by atoms with Crippen LogP contribution in [0.4, 0.5) is 0 Å². The van der Waals surface area contributed by atoms with Crippen LogP contribution in [0.5, 0.6) is 0 Å². The van der Waals surface area contributed by atoms with Crippen LogP contribution in [-0.2, 0) is 10.0 Å². The predicted molar refractivity (Wildman–Crippen MR) is 65.4 cm³/mol. The number of carboxylic acids is 1. The molecule has 8 heteroatoms. The Kier molecular flexibility index (Phi) is 3.45. The Morgan fingerprint density at radius 2 is 2.11 bits per heavy atom. The highest BCUT2D eigenvalue weighted by molar-refractivity contribution is 7.89. The maximum absolute atomic E-state index is 12.0. The van der Waals surface area contributed by atoms with Gasteiger partial charge in [0.25, 0.3) is 0 Å². The minimum atomic E-state index is -3.70. The number of aliphatic hydroxyl groups is 1. The van der Waals surface area contributed by atoms with Crippen LogP contribution in [0.3, 0.4) is 0 Å². The predicted octanol–water partition coefficient (Wildman–Crippen LogP) is 0.556. The second-order valence-electron chi connectivity index (χ2n) is 4.28. The molecule has 1 aromatic heterocycles. The molecule has 0 aromatic carbocycles. The molecule has 1 heterocycles. The van der Waals surface area contributed by atoms with Gasteiger partial charge in [0.05, 0.1) is 11.0 Å². The van der Waals surface area contributed by atoms with Gasteiger partial charge in [-0.3, -0.25) is 0 Å². The summed E-state index contributed by atoms with van der Waals surface area (Å²) in [4.78, 5) is 11.2. The molecule has 1 aliphatic rings. The molecule has 1 aliphatic carbocycles. The Bertz CT molecular complexity index is 571. The second-order valence-corrected chi connectivity index (χ2v) is 7.22. The van der Waals surface area contributed by atoms with Crippen molar-refractivity contribution in [3.05, 3.63) is 15.8 Å². The third kappa shape index (κ3) is 2.56. The van der Waals surface area contributed by atoms with Gasteiger partial charge in [0.15, 0.2) is 0 Å². The highest BCUT2D eigenvalue weighted by atomic mass is 32.2. The molecule has 0 atom stereocenters. The molecule has 0 aliphatic heterocycles. The molecular formula is C10H13NO5S2. The van der Waals surface area contributed by atoms with E-state index in [0.717, 1.165) is 11.3 Å². The maximum atomic E-state index is 12.0. The quantitative estimate of drug-likeness (QED) is 0.752. The summed E-state index contributed by atoms with van der Waals surface area (Å²) >= 11 is 0.934. The summed E-state index contributed by atoms with van der Waals surface area (Å²) in [7, 11) is -3.70. The molecule has 0 amide bonds. The van der Waals surface area contributed by atoms with Crippen molar-refractivity contribution in [3.8, 4) is 0 Å². The number of aliphatic hydroxyl groups excluding tert-OH is 1. The van der Waals surface area contributed by atoms with E-state index in [-0.39, 0.29) is 15.8 Å². The Hall–Kier alpha value is -0.960. The van der Waals surface area contributed by atoms with Gasteiger partial charge in [-0.05, 0) is 25.8 Å². The van der Waals surface area contributed by atoms with Gasteiger partial charge in [0.1, 0.15) is 4.88 Å². The number of rotatable bonds is 4. The summed E-state index contributed by atoms with van der Waals surface area (Å²) in [5.74, 6) is -1.14. The molecule has 1 aromatic rings. The molecule has 1 saturated carbocycles.